The van der Waals surface area contributed by atoms with Crippen molar-refractivity contribution in [3.8, 4) is 0 Å². The minimum Gasteiger partial charge on any atom is -0.859 e. The summed E-state index contributed by atoms with van der Waals surface area (Å²) in [6, 6.07) is 0. The van der Waals surface area contributed by atoms with E-state index in [1.54, 1.807) is 6.92 Å². The molecular weight excluding hydrogens is 219 g/mol. The summed E-state index contributed by atoms with van der Waals surface area (Å²) in [5.41, 5.74) is 0. The van der Waals surface area contributed by atoms with Crippen LogP contribution in [0.4, 0.5) is 0 Å². The first-order valence-electron chi connectivity index (χ1n) is 3.15. The van der Waals surface area contributed by atoms with Gasteiger partial charge in [0.05, 0.1) is 10.1 Å². The monoisotopic (exact) mass is 234 g/mol. The van der Waals surface area contributed by atoms with Gasteiger partial charge in [0.15, 0.2) is 0 Å². The van der Waals surface area contributed by atoms with Gasteiger partial charge < -0.3 is 21.2 Å². The fourth-order valence-corrected chi connectivity index (χ4v) is 0.750. The average molecular weight is 234 g/mol. The van der Waals surface area contributed by atoms with Crippen LogP contribution in [0.1, 0.15) is 13.3 Å². The van der Waals surface area contributed by atoms with Crippen LogP contribution in [0, 0.1) is 5.41 Å². The summed E-state index contributed by atoms with van der Waals surface area (Å²) in [7, 11) is -3.92. The summed E-state index contributed by atoms with van der Waals surface area (Å²) in [5.74, 6) is -0.975. The van der Waals surface area contributed by atoms with E-state index in [-0.39, 0.29) is 41.5 Å². The Hall–Kier alpha value is 0.0800. The molecule has 0 saturated carbocycles. The maximum Gasteiger partial charge on any atom is 1.00 e. The number of rotatable bonds is 3. The number of quaternary nitrogens is 1. The molecular formula is C6H15N2NaO4S. The van der Waals surface area contributed by atoms with Crippen molar-refractivity contribution in [1.82, 2.24) is 6.15 Å². The Morgan fingerprint density at radius 1 is 1.57 bits per heavy atom. The molecule has 0 amide bonds. The van der Waals surface area contributed by atoms with E-state index in [1.165, 1.54) is 0 Å². The summed E-state index contributed by atoms with van der Waals surface area (Å²) in [4.78, 5) is 0. The smallest absolute Gasteiger partial charge is 0.859 e. The zero-order valence-corrected chi connectivity index (χ0v) is 11.6. The fraction of sp³-hybridized carbons (Fsp3) is 0.500. The molecule has 0 aliphatic heterocycles. The third kappa shape index (κ3) is 40.1. The first-order chi connectivity index (χ1) is 5.33. The molecule has 0 bridgehead atoms. The van der Waals surface area contributed by atoms with Crippen molar-refractivity contribution >= 4 is 16.0 Å². The molecule has 0 aromatic heterocycles. The second-order valence-corrected chi connectivity index (χ2v) is 3.35. The number of hydrogen-bond acceptors (Lipinski definition) is 5. The van der Waals surface area contributed by atoms with E-state index < -0.39 is 16.0 Å². The molecule has 0 fully saturated rings. The van der Waals surface area contributed by atoms with Crippen LogP contribution in [0.15, 0.2) is 12.7 Å². The van der Waals surface area contributed by atoms with Gasteiger partial charge in [-0.2, -0.15) is 0 Å². The second-order valence-electron chi connectivity index (χ2n) is 1.83. The first-order valence-corrected chi connectivity index (χ1v) is 4.72. The predicted molar refractivity (Wildman–Crippen MR) is 48.8 cm³/mol. The van der Waals surface area contributed by atoms with E-state index in [9.17, 15) is 18.1 Å². The van der Waals surface area contributed by atoms with Gasteiger partial charge in [-0.1, -0.05) is 19.6 Å². The van der Waals surface area contributed by atoms with Crippen molar-refractivity contribution < 1.29 is 47.6 Å². The summed E-state index contributed by atoms with van der Waals surface area (Å²) in [5, 5.41) is 15.4. The van der Waals surface area contributed by atoms with Crippen molar-refractivity contribution in [2.24, 2.45) is 0 Å². The Bertz CT molecular complexity index is 240. The molecule has 80 valence electrons. The van der Waals surface area contributed by atoms with E-state index in [1.807, 2.05) is 0 Å². The van der Waals surface area contributed by atoms with Gasteiger partial charge in [0.2, 0.25) is 0 Å². The van der Waals surface area contributed by atoms with Gasteiger partial charge in [0.1, 0.15) is 0 Å². The van der Waals surface area contributed by atoms with Gasteiger partial charge in [-0.3, -0.25) is 0 Å². The molecule has 8 heteroatoms. The Kier molecular flexibility index (Phi) is 22.2. The van der Waals surface area contributed by atoms with Gasteiger partial charge in [-0.05, 0) is 12.3 Å². The summed E-state index contributed by atoms with van der Waals surface area (Å²) in [6.45, 7) is 4.67. The molecule has 0 aliphatic carbocycles. The van der Waals surface area contributed by atoms with E-state index in [4.69, 9.17) is 5.41 Å². The second kappa shape index (κ2) is 13.1. The molecule has 0 aromatic rings. The van der Waals surface area contributed by atoms with Crippen molar-refractivity contribution in [2.75, 3.05) is 5.75 Å². The van der Waals surface area contributed by atoms with E-state index in [0.29, 0.717) is 6.42 Å². The fourth-order valence-electron chi connectivity index (χ4n) is 0.250. The Labute approximate surface area is 107 Å². The van der Waals surface area contributed by atoms with Crippen LogP contribution in [0.25, 0.3) is 0 Å². The van der Waals surface area contributed by atoms with Crippen LogP contribution in [-0.2, 0) is 10.1 Å². The summed E-state index contributed by atoms with van der Waals surface area (Å²) >= 11 is 0. The van der Waals surface area contributed by atoms with Gasteiger partial charge in [-0.25, -0.2) is 8.42 Å². The Morgan fingerprint density at radius 3 is 1.86 bits per heavy atom. The predicted octanol–water partition coefficient (Wildman–Crippen LogP) is -3.17. The molecule has 0 heterocycles. The Morgan fingerprint density at radius 2 is 1.86 bits per heavy atom. The van der Waals surface area contributed by atoms with Gasteiger partial charge in [-0.15, -0.1) is 0 Å². The minimum atomic E-state index is -3.92. The number of nitrogens with one attached hydrogen (secondary N) is 1. The van der Waals surface area contributed by atoms with E-state index in [2.05, 4.69) is 6.58 Å². The maximum absolute atomic E-state index is 9.68. The van der Waals surface area contributed by atoms with Crippen molar-refractivity contribution in [2.45, 2.75) is 13.3 Å². The molecule has 0 radical (unpaired) electrons. The average Bonchev–Trinajstić information content (AvgIpc) is 1.86. The Balaban J connectivity index is -0.0000000651. The molecule has 14 heavy (non-hydrogen) atoms. The van der Waals surface area contributed by atoms with Gasteiger partial charge in [0, 0.05) is 5.75 Å². The van der Waals surface area contributed by atoms with Crippen LogP contribution >= 0.6 is 0 Å². The van der Waals surface area contributed by atoms with Crippen LogP contribution in [0.2, 0.25) is 0 Å². The summed E-state index contributed by atoms with van der Waals surface area (Å²) in [6.07, 6.45) is 1.35. The third-order valence-electron chi connectivity index (χ3n) is 0.640. The largest absolute Gasteiger partial charge is 1.00 e. The molecule has 0 unspecified atom stereocenters. The SMILES string of the molecule is C=CC(=N)[O-].CCCS(=O)(=O)[O-].[NH4+].[Na+]. The van der Waals surface area contributed by atoms with Gasteiger partial charge >= 0.3 is 29.6 Å². The molecule has 0 spiro atoms. The van der Waals surface area contributed by atoms with Crippen LogP contribution in [0.3, 0.4) is 0 Å². The van der Waals surface area contributed by atoms with Crippen molar-refractivity contribution in [3.63, 3.8) is 0 Å². The third-order valence-corrected chi connectivity index (χ3v) is 1.55. The first kappa shape index (κ1) is 23.7. The van der Waals surface area contributed by atoms with Gasteiger partial charge in [0.25, 0.3) is 0 Å². The maximum atomic E-state index is 9.68. The topological polar surface area (TPSA) is 141 Å². The van der Waals surface area contributed by atoms with E-state index in [0.717, 1.165) is 6.08 Å². The zero-order chi connectivity index (χ0) is 10.2. The minimum absolute atomic E-state index is 0. The van der Waals surface area contributed by atoms with E-state index >= 15 is 0 Å². The van der Waals surface area contributed by atoms with Crippen LogP contribution in [-0.4, -0.2) is 24.6 Å². The van der Waals surface area contributed by atoms with Crippen molar-refractivity contribution in [1.29, 1.82) is 5.41 Å². The molecule has 0 aromatic carbocycles. The number of hydrogen-bond donors (Lipinski definition) is 2. The molecule has 0 aliphatic rings. The molecule has 5 N–H and O–H groups in total. The zero-order valence-electron chi connectivity index (χ0n) is 8.74. The molecule has 0 atom stereocenters. The normalized spacial score (nSPS) is 8.14. The molecule has 6 nitrogen and oxygen atoms in total. The van der Waals surface area contributed by atoms with Crippen LogP contribution < -0.4 is 40.8 Å². The molecule has 0 saturated heterocycles. The van der Waals surface area contributed by atoms with Crippen molar-refractivity contribution in [3.05, 3.63) is 12.7 Å². The standard InChI is InChI=1S/C3H5NO.C3H8O3S.H3N.Na/c1-2-3(4)5;1-2-3-7(4,5)6;;/h2H,1H2,(H2,4,5);2-3H2,1H3,(H,4,5,6);1H3;/q;;;+1/p-1. The quantitative estimate of drug-likeness (QED) is 0.230. The molecule has 0 rings (SSSR count). The van der Waals surface area contributed by atoms with Crippen LogP contribution in [0.5, 0.6) is 0 Å². The summed E-state index contributed by atoms with van der Waals surface area (Å²) < 4.78 is 29.0.